The molecule has 0 saturated carbocycles. The van der Waals surface area contributed by atoms with E-state index in [9.17, 15) is 19.5 Å². The van der Waals surface area contributed by atoms with Crippen molar-refractivity contribution in [2.75, 3.05) is 7.05 Å². The van der Waals surface area contributed by atoms with Crippen LogP contribution >= 0.6 is 0 Å². The molecule has 30 heavy (non-hydrogen) atoms. The number of benzene rings is 2. The topological polar surface area (TPSA) is 128 Å². The van der Waals surface area contributed by atoms with Gasteiger partial charge >= 0.3 is 0 Å². The average Bonchev–Trinajstić information content (AvgIpc) is 2.78. The van der Waals surface area contributed by atoms with Gasteiger partial charge in [-0.25, -0.2) is 5.48 Å². The summed E-state index contributed by atoms with van der Waals surface area (Å²) < 4.78 is 0. The molecule has 0 bridgehead atoms. The van der Waals surface area contributed by atoms with E-state index in [1.54, 1.807) is 0 Å². The number of carbonyl (C=O) groups excluding carboxylic acids is 3. The highest BCUT2D eigenvalue weighted by Crippen LogP contribution is 2.16. The standard InChI is InChI=1S/C22H27N3O5/c1-23-21(28)18(14-16-10-6-3-7-11-16)24-20(27)17(19(26)22(29)25-30)13-12-15-8-4-2-5-9-15/h2-11,17-19,26,30H,12-14H2,1H3,(H,23,28)(H,24,27)(H,25,29)/t17-,18+,19+/m1/s1. The highest BCUT2D eigenvalue weighted by molar-refractivity contribution is 5.92. The fourth-order valence-electron chi connectivity index (χ4n) is 3.16. The smallest absolute Gasteiger partial charge is 0.272 e. The molecule has 3 amide bonds. The molecule has 5 N–H and O–H groups in total. The van der Waals surface area contributed by atoms with Gasteiger partial charge in [-0.2, -0.15) is 0 Å². The fourth-order valence-corrected chi connectivity index (χ4v) is 3.16. The first-order chi connectivity index (χ1) is 14.5. The normalized spacial score (nSPS) is 13.6. The zero-order valence-corrected chi connectivity index (χ0v) is 16.7. The van der Waals surface area contributed by atoms with Crippen molar-refractivity contribution in [3.8, 4) is 0 Å². The molecular weight excluding hydrogens is 386 g/mol. The zero-order valence-electron chi connectivity index (χ0n) is 16.7. The molecule has 0 radical (unpaired) electrons. The number of carbonyl (C=O) groups is 3. The van der Waals surface area contributed by atoms with Gasteiger partial charge in [-0.3, -0.25) is 19.6 Å². The van der Waals surface area contributed by atoms with Crippen LogP contribution in [0, 0.1) is 5.92 Å². The van der Waals surface area contributed by atoms with Gasteiger partial charge in [-0.15, -0.1) is 0 Å². The summed E-state index contributed by atoms with van der Waals surface area (Å²) in [4.78, 5) is 37.0. The summed E-state index contributed by atoms with van der Waals surface area (Å²) in [5, 5.41) is 24.3. The number of hydrogen-bond acceptors (Lipinski definition) is 5. The first kappa shape index (κ1) is 23.1. The van der Waals surface area contributed by atoms with Crippen LogP contribution in [-0.4, -0.2) is 47.2 Å². The number of hydroxylamine groups is 1. The maximum absolute atomic E-state index is 12.9. The van der Waals surface area contributed by atoms with Crippen LogP contribution in [0.15, 0.2) is 60.7 Å². The van der Waals surface area contributed by atoms with E-state index in [2.05, 4.69) is 10.6 Å². The van der Waals surface area contributed by atoms with Crippen molar-refractivity contribution >= 4 is 17.7 Å². The maximum atomic E-state index is 12.9. The third-order valence-electron chi connectivity index (χ3n) is 4.85. The van der Waals surface area contributed by atoms with Crippen molar-refractivity contribution in [1.82, 2.24) is 16.1 Å². The van der Waals surface area contributed by atoms with Crippen molar-refractivity contribution < 1.29 is 24.7 Å². The van der Waals surface area contributed by atoms with Crippen LogP contribution in [0.1, 0.15) is 17.5 Å². The molecule has 8 nitrogen and oxygen atoms in total. The summed E-state index contributed by atoms with van der Waals surface area (Å²) in [6.07, 6.45) is -0.936. The van der Waals surface area contributed by atoms with E-state index in [-0.39, 0.29) is 12.8 Å². The van der Waals surface area contributed by atoms with Gasteiger partial charge in [-0.05, 0) is 24.0 Å². The van der Waals surface area contributed by atoms with Crippen LogP contribution in [0.5, 0.6) is 0 Å². The summed E-state index contributed by atoms with van der Waals surface area (Å²) in [6, 6.07) is 17.6. The first-order valence-corrected chi connectivity index (χ1v) is 9.68. The van der Waals surface area contributed by atoms with E-state index in [0.29, 0.717) is 6.42 Å². The van der Waals surface area contributed by atoms with Crippen LogP contribution < -0.4 is 16.1 Å². The van der Waals surface area contributed by atoms with Gasteiger partial charge in [0.2, 0.25) is 11.8 Å². The van der Waals surface area contributed by atoms with Crippen LogP contribution in [0.3, 0.4) is 0 Å². The van der Waals surface area contributed by atoms with Crippen LogP contribution in [0.2, 0.25) is 0 Å². The van der Waals surface area contributed by atoms with Gasteiger partial charge in [0.1, 0.15) is 12.1 Å². The van der Waals surface area contributed by atoms with Crippen LogP contribution in [-0.2, 0) is 27.2 Å². The molecule has 2 aromatic carbocycles. The molecular formula is C22H27N3O5. The number of aryl methyl sites for hydroxylation is 1. The van der Waals surface area contributed by atoms with Crippen molar-refractivity contribution in [2.45, 2.75) is 31.4 Å². The van der Waals surface area contributed by atoms with Crippen molar-refractivity contribution in [3.63, 3.8) is 0 Å². The molecule has 0 heterocycles. The van der Waals surface area contributed by atoms with Gasteiger partial charge in [0, 0.05) is 13.5 Å². The van der Waals surface area contributed by atoms with Crippen molar-refractivity contribution in [1.29, 1.82) is 0 Å². The molecule has 0 unspecified atom stereocenters. The lowest BCUT2D eigenvalue weighted by molar-refractivity contribution is -0.146. The Morgan fingerprint density at radius 2 is 1.43 bits per heavy atom. The van der Waals surface area contributed by atoms with E-state index in [4.69, 9.17) is 5.21 Å². The molecule has 0 aliphatic rings. The number of aliphatic hydroxyl groups excluding tert-OH is 1. The number of aliphatic hydroxyl groups is 1. The average molecular weight is 413 g/mol. The summed E-state index contributed by atoms with van der Waals surface area (Å²) in [5.74, 6) is -3.27. The predicted octanol–water partition coefficient (Wildman–Crippen LogP) is 0.575. The molecule has 160 valence electrons. The summed E-state index contributed by atoms with van der Waals surface area (Å²) in [6.45, 7) is 0. The molecule has 0 spiro atoms. The molecule has 8 heteroatoms. The Kier molecular flexibility index (Phi) is 8.99. The molecule has 0 saturated heterocycles. The summed E-state index contributed by atoms with van der Waals surface area (Å²) >= 11 is 0. The van der Waals surface area contributed by atoms with E-state index in [1.165, 1.54) is 12.5 Å². The number of amides is 3. The zero-order chi connectivity index (χ0) is 21.9. The maximum Gasteiger partial charge on any atom is 0.272 e. The molecule has 0 fully saturated rings. The lowest BCUT2D eigenvalue weighted by Crippen LogP contribution is -2.52. The second-order valence-electron chi connectivity index (χ2n) is 6.92. The molecule has 0 aromatic heterocycles. The van der Waals surface area contributed by atoms with Crippen LogP contribution in [0.4, 0.5) is 0 Å². The quantitative estimate of drug-likeness (QED) is 0.288. The second kappa shape index (κ2) is 11.7. The van der Waals surface area contributed by atoms with Crippen molar-refractivity contribution in [2.24, 2.45) is 5.92 Å². The van der Waals surface area contributed by atoms with Gasteiger partial charge in [-0.1, -0.05) is 60.7 Å². The van der Waals surface area contributed by atoms with Crippen LogP contribution in [0.25, 0.3) is 0 Å². The largest absolute Gasteiger partial charge is 0.382 e. The van der Waals surface area contributed by atoms with E-state index in [1.807, 2.05) is 60.7 Å². The SMILES string of the molecule is CNC(=O)[C@H](Cc1ccccc1)NC(=O)[C@H](CCc1ccccc1)[C@H](O)C(=O)NO. The number of nitrogens with one attached hydrogen (secondary N) is 3. The summed E-state index contributed by atoms with van der Waals surface area (Å²) in [7, 11) is 1.47. The number of rotatable bonds is 10. The third-order valence-corrected chi connectivity index (χ3v) is 4.85. The Morgan fingerprint density at radius 1 is 0.867 bits per heavy atom. The molecule has 2 rings (SSSR count). The Morgan fingerprint density at radius 3 is 1.97 bits per heavy atom. The van der Waals surface area contributed by atoms with E-state index < -0.39 is 35.8 Å². The Hall–Kier alpha value is -3.23. The van der Waals surface area contributed by atoms with Gasteiger partial charge in [0.25, 0.3) is 5.91 Å². The van der Waals surface area contributed by atoms with Gasteiger partial charge < -0.3 is 15.7 Å². The number of likely N-dealkylation sites (N-methyl/N-ethyl adjacent to an activating group) is 1. The Bertz CT molecular complexity index is 829. The van der Waals surface area contributed by atoms with E-state index >= 15 is 0 Å². The second-order valence-corrected chi connectivity index (χ2v) is 6.92. The highest BCUT2D eigenvalue weighted by atomic mass is 16.5. The first-order valence-electron chi connectivity index (χ1n) is 9.68. The molecule has 0 aliphatic carbocycles. The monoisotopic (exact) mass is 413 g/mol. The Labute approximate surface area is 175 Å². The predicted molar refractivity (Wildman–Crippen MR) is 110 cm³/mol. The molecule has 2 aromatic rings. The van der Waals surface area contributed by atoms with Crippen molar-refractivity contribution in [3.05, 3.63) is 71.8 Å². The minimum atomic E-state index is -1.76. The Balaban J connectivity index is 2.16. The summed E-state index contributed by atoms with van der Waals surface area (Å²) in [5.41, 5.74) is 3.15. The highest BCUT2D eigenvalue weighted by Gasteiger charge is 2.34. The minimum absolute atomic E-state index is 0.149. The van der Waals surface area contributed by atoms with E-state index in [0.717, 1.165) is 11.1 Å². The molecule has 3 atom stereocenters. The minimum Gasteiger partial charge on any atom is -0.382 e. The van der Waals surface area contributed by atoms with Gasteiger partial charge in [0.15, 0.2) is 0 Å². The number of hydrogen-bond donors (Lipinski definition) is 5. The lowest BCUT2D eigenvalue weighted by atomic mass is 9.92. The molecule has 0 aliphatic heterocycles. The van der Waals surface area contributed by atoms with Gasteiger partial charge in [0.05, 0.1) is 5.92 Å². The third kappa shape index (κ3) is 6.68. The lowest BCUT2D eigenvalue weighted by Gasteiger charge is -2.24. The fraction of sp³-hybridized carbons (Fsp3) is 0.318.